The van der Waals surface area contributed by atoms with Crippen molar-refractivity contribution in [1.82, 2.24) is 4.90 Å². The molecule has 0 saturated carbocycles. The number of hydrogen-bond donors (Lipinski definition) is 1. The summed E-state index contributed by atoms with van der Waals surface area (Å²) in [5.41, 5.74) is 9.32. The molecule has 1 fully saturated rings. The van der Waals surface area contributed by atoms with Gasteiger partial charge in [-0.05, 0) is 36.9 Å². The van der Waals surface area contributed by atoms with E-state index >= 15 is 0 Å². The van der Waals surface area contributed by atoms with E-state index in [1.165, 1.54) is 36.9 Å². The van der Waals surface area contributed by atoms with Gasteiger partial charge >= 0.3 is 0 Å². The summed E-state index contributed by atoms with van der Waals surface area (Å²) in [4.78, 5) is 2.59. The first kappa shape index (κ1) is 15.3. The van der Waals surface area contributed by atoms with Crippen molar-refractivity contribution >= 4 is 0 Å². The van der Waals surface area contributed by atoms with Crippen molar-refractivity contribution in [3.63, 3.8) is 0 Å². The van der Waals surface area contributed by atoms with E-state index in [4.69, 9.17) is 5.73 Å². The van der Waals surface area contributed by atoms with Gasteiger partial charge < -0.3 is 5.73 Å². The third kappa shape index (κ3) is 3.96. The van der Waals surface area contributed by atoms with Crippen LogP contribution in [0.15, 0.2) is 60.7 Å². The molecule has 116 valence electrons. The molecule has 2 aromatic carbocycles. The zero-order valence-corrected chi connectivity index (χ0v) is 13.2. The molecule has 0 amide bonds. The van der Waals surface area contributed by atoms with Crippen LogP contribution in [0.1, 0.15) is 30.4 Å². The van der Waals surface area contributed by atoms with E-state index in [1.54, 1.807) is 0 Å². The lowest BCUT2D eigenvalue weighted by Crippen LogP contribution is -2.50. The molecule has 1 aliphatic heterocycles. The van der Waals surface area contributed by atoms with Crippen LogP contribution < -0.4 is 5.73 Å². The van der Waals surface area contributed by atoms with Crippen molar-refractivity contribution in [2.75, 3.05) is 6.54 Å². The Morgan fingerprint density at radius 1 is 0.909 bits per heavy atom. The lowest BCUT2D eigenvalue weighted by molar-refractivity contribution is 0.118. The summed E-state index contributed by atoms with van der Waals surface area (Å²) in [5, 5.41) is 0. The molecular weight excluding hydrogens is 268 g/mol. The Kier molecular flexibility index (Phi) is 5.25. The molecule has 0 spiro atoms. The number of benzene rings is 2. The average Bonchev–Trinajstić information content (AvgIpc) is 2.57. The summed E-state index contributed by atoms with van der Waals surface area (Å²) in [6, 6.07) is 22.1. The standard InChI is InChI=1S/C20H26N2/c21-19(15-17-9-3-1-4-10-17)20-13-7-8-14-22(20)16-18-11-5-2-6-12-18/h1-6,9-12,19-20H,7-8,13-16,21H2/t19?,20-/m0/s1. The van der Waals surface area contributed by atoms with E-state index in [2.05, 4.69) is 65.6 Å². The molecule has 2 atom stereocenters. The predicted octanol–water partition coefficient (Wildman–Crippen LogP) is 3.61. The largest absolute Gasteiger partial charge is 0.326 e. The van der Waals surface area contributed by atoms with Gasteiger partial charge in [-0.1, -0.05) is 67.1 Å². The summed E-state index contributed by atoms with van der Waals surface area (Å²) in [5.74, 6) is 0. The maximum Gasteiger partial charge on any atom is 0.0254 e. The van der Waals surface area contributed by atoms with Crippen molar-refractivity contribution in [1.29, 1.82) is 0 Å². The number of rotatable bonds is 5. The molecule has 1 aliphatic rings. The van der Waals surface area contributed by atoms with Gasteiger partial charge in [0.25, 0.3) is 0 Å². The lowest BCUT2D eigenvalue weighted by atomic mass is 9.91. The van der Waals surface area contributed by atoms with Crippen LogP contribution in [-0.2, 0) is 13.0 Å². The van der Waals surface area contributed by atoms with Crippen LogP contribution in [0.5, 0.6) is 0 Å². The van der Waals surface area contributed by atoms with Crippen LogP contribution in [0.25, 0.3) is 0 Å². The number of nitrogens with two attached hydrogens (primary N) is 1. The zero-order valence-electron chi connectivity index (χ0n) is 13.2. The predicted molar refractivity (Wildman–Crippen MR) is 92.6 cm³/mol. The Labute approximate surface area is 134 Å². The molecule has 0 bridgehead atoms. The molecular formula is C20H26N2. The Morgan fingerprint density at radius 3 is 2.23 bits per heavy atom. The van der Waals surface area contributed by atoms with Crippen LogP contribution >= 0.6 is 0 Å². The van der Waals surface area contributed by atoms with Crippen LogP contribution in [0.2, 0.25) is 0 Å². The van der Waals surface area contributed by atoms with Gasteiger partial charge in [-0.3, -0.25) is 4.90 Å². The Hall–Kier alpha value is -1.64. The monoisotopic (exact) mass is 294 g/mol. The first-order valence-electron chi connectivity index (χ1n) is 8.40. The second kappa shape index (κ2) is 7.57. The smallest absolute Gasteiger partial charge is 0.0254 e. The van der Waals surface area contributed by atoms with Crippen molar-refractivity contribution in [2.24, 2.45) is 5.73 Å². The second-order valence-electron chi connectivity index (χ2n) is 6.37. The first-order valence-corrected chi connectivity index (χ1v) is 8.40. The van der Waals surface area contributed by atoms with E-state index in [9.17, 15) is 0 Å². The molecule has 3 rings (SSSR count). The molecule has 2 nitrogen and oxygen atoms in total. The highest BCUT2D eigenvalue weighted by Gasteiger charge is 2.27. The summed E-state index contributed by atoms with van der Waals surface area (Å²) < 4.78 is 0. The number of nitrogens with zero attached hydrogens (tertiary/aromatic N) is 1. The van der Waals surface area contributed by atoms with Gasteiger partial charge in [0, 0.05) is 18.6 Å². The summed E-state index contributed by atoms with van der Waals surface area (Å²) >= 11 is 0. The quantitative estimate of drug-likeness (QED) is 0.912. The lowest BCUT2D eigenvalue weighted by Gasteiger charge is -2.39. The minimum atomic E-state index is 0.214. The third-order valence-electron chi connectivity index (χ3n) is 4.70. The summed E-state index contributed by atoms with van der Waals surface area (Å²) in [6.07, 6.45) is 4.79. The third-order valence-corrected chi connectivity index (χ3v) is 4.70. The number of piperidine rings is 1. The van der Waals surface area contributed by atoms with E-state index in [-0.39, 0.29) is 6.04 Å². The van der Waals surface area contributed by atoms with Crippen LogP contribution in [0.4, 0.5) is 0 Å². The van der Waals surface area contributed by atoms with Crippen molar-refractivity contribution in [2.45, 2.75) is 44.3 Å². The molecule has 1 heterocycles. The highest BCUT2D eigenvalue weighted by molar-refractivity contribution is 5.17. The first-order chi connectivity index (χ1) is 10.8. The van der Waals surface area contributed by atoms with Crippen molar-refractivity contribution in [3.05, 3.63) is 71.8 Å². The minimum absolute atomic E-state index is 0.214. The van der Waals surface area contributed by atoms with E-state index in [0.717, 1.165) is 13.0 Å². The van der Waals surface area contributed by atoms with E-state index in [0.29, 0.717) is 6.04 Å². The van der Waals surface area contributed by atoms with E-state index in [1.807, 2.05) is 0 Å². The number of likely N-dealkylation sites (tertiary alicyclic amines) is 1. The Balaban J connectivity index is 1.66. The fourth-order valence-corrected chi connectivity index (χ4v) is 3.54. The maximum atomic E-state index is 6.58. The van der Waals surface area contributed by atoms with Gasteiger partial charge in [-0.25, -0.2) is 0 Å². The van der Waals surface area contributed by atoms with Crippen LogP contribution in [0.3, 0.4) is 0 Å². The molecule has 0 radical (unpaired) electrons. The van der Waals surface area contributed by atoms with Crippen LogP contribution in [0, 0.1) is 0 Å². The fourth-order valence-electron chi connectivity index (χ4n) is 3.54. The SMILES string of the molecule is NC(Cc1ccccc1)[C@@H]1CCCCN1Cc1ccccc1. The number of hydrogen-bond acceptors (Lipinski definition) is 2. The topological polar surface area (TPSA) is 29.3 Å². The van der Waals surface area contributed by atoms with Crippen molar-refractivity contribution < 1.29 is 0 Å². The Bertz CT molecular complexity index is 552. The summed E-state index contributed by atoms with van der Waals surface area (Å²) in [7, 11) is 0. The van der Waals surface area contributed by atoms with Crippen LogP contribution in [-0.4, -0.2) is 23.5 Å². The molecule has 1 saturated heterocycles. The highest BCUT2D eigenvalue weighted by Crippen LogP contribution is 2.23. The molecule has 22 heavy (non-hydrogen) atoms. The average molecular weight is 294 g/mol. The van der Waals surface area contributed by atoms with Gasteiger partial charge in [0.2, 0.25) is 0 Å². The fraction of sp³-hybridized carbons (Fsp3) is 0.400. The van der Waals surface area contributed by atoms with Gasteiger partial charge in [-0.15, -0.1) is 0 Å². The molecule has 2 N–H and O–H groups in total. The van der Waals surface area contributed by atoms with Crippen molar-refractivity contribution in [3.8, 4) is 0 Å². The molecule has 2 heteroatoms. The minimum Gasteiger partial charge on any atom is -0.326 e. The highest BCUT2D eigenvalue weighted by atomic mass is 15.2. The molecule has 0 aliphatic carbocycles. The molecule has 1 unspecified atom stereocenters. The van der Waals surface area contributed by atoms with Gasteiger partial charge in [0.1, 0.15) is 0 Å². The van der Waals surface area contributed by atoms with E-state index < -0.39 is 0 Å². The Morgan fingerprint density at radius 2 is 1.55 bits per heavy atom. The normalized spacial score (nSPS) is 20.7. The molecule has 2 aromatic rings. The van der Waals surface area contributed by atoms with Gasteiger partial charge in [0.05, 0.1) is 0 Å². The van der Waals surface area contributed by atoms with Gasteiger partial charge in [0.15, 0.2) is 0 Å². The van der Waals surface area contributed by atoms with Gasteiger partial charge in [-0.2, -0.15) is 0 Å². The molecule has 0 aromatic heterocycles. The second-order valence-corrected chi connectivity index (χ2v) is 6.37. The zero-order chi connectivity index (χ0) is 15.2. The maximum absolute atomic E-state index is 6.58. The summed E-state index contributed by atoms with van der Waals surface area (Å²) in [6.45, 7) is 2.19.